The van der Waals surface area contributed by atoms with Gasteiger partial charge in [-0.2, -0.15) is 0 Å². The molecule has 0 radical (unpaired) electrons. The third kappa shape index (κ3) is 6.57. The quantitative estimate of drug-likeness (QED) is 0.401. The van der Waals surface area contributed by atoms with Gasteiger partial charge in [-0.1, -0.05) is 62.4 Å². The molecule has 8 nitrogen and oxygen atoms in total. The van der Waals surface area contributed by atoms with Gasteiger partial charge < -0.3 is 25.6 Å². The van der Waals surface area contributed by atoms with Crippen molar-refractivity contribution in [1.82, 2.24) is 10.6 Å². The number of fused-ring (bicyclic) bond motifs is 3. The average Bonchev–Trinajstić information content (AvgIpc) is 3.12. The minimum atomic E-state index is -1.17. The van der Waals surface area contributed by atoms with E-state index in [1.54, 1.807) is 0 Å². The number of aliphatic hydroxyl groups is 1. The molecule has 34 heavy (non-hydrogen) atoms. The van der Waals surface area contributed by atoms with Gasteiger partial charge >= 0.3 is 12.1 Å². The first kappa shape index (κ1) is 25.2. The minimum Gasteiger partial charge on any atom is -0.480 e. The van der Waals surface area contributed by atoms with E-state index in [0.29, 0.717) is 18.8 Å². The Bertz CT molecular complexity index is 976. The first-order valence-electron chi connectivity index (χ1n) is 11.5. The van der Waals surface area contributed by atoms with Gasteiger partial charge in [0.25, 0.3) is 0 Å². The summed E-state index contributed by atoms with van der Waals surface area (Å²) < 4.78 is 5.41. The molecule has 0 saturated heterocycles. The molecule has 0 aromatic heterocycles. The first-order valence-corrected chi connectivity index (χ1v) is 11.5. The predicted octanol–water partition coefficient (Wildman–Crippen LogP) is 3.28. The summed E-state index contributed by atoms with van der Waals surface area (Å²) in [6.45, 7) is 3.90. The van der Waals surface area contributed by atoms with Crippen molar-refractivity contribution >= 4 is 18.0 Å². The van der Waals surface area contributed by atoms with Crippen LogP contribution in [0.15, 0.2) is 48.5 Å². The number of carboxylic acids is 1. The van der Waals surface area contributed by atoms with Crippen molar-refractivity contribution in [3.8, 4) is 11.1 Å². The second-order valence-electron chi connectivity index (χ2n) is 8.99. The molecule has 2 aromatic carbocycles. The number of aliphatic carboxylic acids is 1. The van der Waals surface area contributed by atoms with Crippen LogP contribution in [0.4, 0.5) is 4.79 Å². The van der Waals surface area contributed by atoms with Crippen molar-refractivity contribution < 1.29 is 29.3 Å². The third-order valence-corrected chi connectivity index (χ3v) is 5.91. The number of hydrogen-bond donors (Lipinski definition) is 4. The highest BCUT2D eigenvalue weighted by atomic mass is 16.5. The van der Waals surface area contributed by atoms with Crippen molar-refractivity contribution in [3.05, 3.63) is 59.7 Å². The Balaban J connectivity index is 1.45. The molecule has 0 heterocycles. The highest BCUT2D eigenvalue weighted by Crippen LogP contribution is 2.44. The molecule has 0 aliphatic heterocycles. The molecule has 182 valence electrons. The number of benzene rings is 2. The van der Waals surface area contributed by atoms with E-state index in [-0.39, 0.29) is 25.5 Å². The zero-order valence-electron chi connectivity index (χ0n) is 19.5. The summed E-state index contributed by atoms with van der Waals surface area (Å²) >= 11 is 0. The number of rotatable bonds is 11. The molecule has 2 amide bonds. The standard InChI is InChI=1S/C26H32N2O6/c1-16(2)11-12-23(25(31)32)28-24(30)13-17(29)14-27-26(33)34-15-22-20-9-5-3-7-18(20)19-8-4-6-10-21(19)22/h3-10,16-17,22-23,29H,11-15H2,1-2H3,(H,27,33)(H,28,30)(H,31,32). The van der Waals surface area contributed by atoms with Crippen LogP contribution in [0.5, 0.6) is 0 Å². The molecule has 2 aromatic rings. The van der Waals surface area contributed by atoms with Gasteiger partial charge in [-0.3, -0.25) is 4.79 Å². The van der Waals surface area contributed by atoms with Crippen LogP contribution in [0.3, 0.4) is 0 Å². The van der Waals surface area contributed by atoms with Gasteiger partial charge in [0.05, 0.1) is 12.5 Å². The summed E-state index contributed by atoms with van der Waals surface area (Å²) in [4.78, 5) is 35.7. The van der Waals surface area contributed by atoms with Gasteiger partial charge in [-0.05, 0) is 41.0 Å². The van der Waals surface area contributed by atoms with Crippen LogP contribution in [-0.2, 0) is 14.3 Å². The van der Waals surface area contributed by atoms with Crippen molar-refractivity contribution in [2.45, 2.75) is 51.2 Å². The molecule has 0 fully saturated rings. The van der Waals surface area contributed by atoms with Crippen LogP contribution in [0.25, 0.3) is 11.1 Å². The normalized spacial score (nSPS) is 14.1. The number of hydrogen-bond acceptors (Lipinski definition) is 5. The summed E-state index contributed by atoms with van der Waals surface area (Å²) in [5.74, 6) is -1.46. The van der Waals surface area contributed by atoms with E-state index >= 15 is 0 Å². The number of carboxylic acid groups (broad SMARTS) is 1. The number of alkyl carbamates (subject to hydrolysis) is 1. The molecule has 0 bridgehead atoms. The Hall–Kier alpha value is -3.39. The third-order valence-electron chi connectivity index (χ3n) is 5.91. The number of amides is 2. The molecule has 2 atom stereocenters. The molecule has 8 heteroatoms. The fraction of sp³-hybridized carbons (Fsp3) is 0.423. The molecule has 3 rings (SSSR count). The van der Waals surface area contributed by atoms with Crippen LogP contribution in [0, 0.1) is 5.92 Å². The molecular formula is C26H32N2O6. The van der Waals surface area contributed by atoms with Gasteiger partial charge in [-0.15, -0.1) is 0 Å². The maximum absolute atomic E-state index is 12.2. The van der Waals surface area contributed by atoms with E-state index < -0.39 is 30.1 Å². The van der Waals surface area contributed by atoms with Crippen molar-refractivity contribution in [3.63, 3.8) is 0 Å². The summed E-state index contributed by atoms with van der Waals surface area (Å²) in [5, 5.41) is 24.3. The summed E-state index contributed by atoms with van der Waals surface area (Å²) in [7, 11) is 0. The molecule has 1 aliphatic rings. The lowest BCUT2D eigenvalue weighted by atomic mass is 9.98. The fourth-order valence-corrected chi connectivity index (χ4v) is 4.15. The van der Waals surface area contributed by atoms with Crippen LogP contribution >= 0.6 is 0 Å². The Morgan fingerprint density at radius 3 is 2.12 bits per heavy atom. The van der Waals surface area contributed by atoms with Gasteiger partial charge in [0.1, 0.15) is 12.6 Å². The van der Waals surface area contributed by atoms with E-state index in [1.807, 2.05) is 62.4 Å². The number of aliphatic hydroxyl groups excluding tert-OH is 1. The number of carbonyl (C=O) groups excluding carboxylic acids is 2. The highest BCUT2D eigenvalue weighted by molar-refractivity contribution is 5.83. The second-order valence-corrected chi connectivity index (χ2v) is 8.99. The predicted molar refractivity (Wildman–Crippen MR) is 127 cm³/mol. The van der Waals surface area contributed by atoms with E-state index in [4.69, 9.17) is 4.74 Å². The zero-order valence-corrected chi connectivity index (χ0v) is 19.5. The Morgan fingerprint density at radius 1 is 0.971 bits per heavy atom. The first-order chi connectivity index (χ1) is 16.3. The number of carbonyl (C=O) groups is 3. The summed E-state index contributed by atoms with van der Waals surface area (Å²) in [6.07, 6.45) is -1.22. The minimum absolute atomic E-state index is 0.0763. The molecule has 1 aliphatic carbocycles. The lowest BCUT2D eigenvalue weighted by molar-refractivity contribution is -0.142. The summed E-state index contributed by atoms with van der Waals surface area (Å²) in [6, 6.07) is 15.0. The van der Waals surface area contributed by atoms with E-state index in [2.05, 4.69) is 10.6 Å². The van der Waals surface area contributed by atoms with Crippen molar-refractivity contribution in [2.24, 2.45) is 5.92 Å². The molecule has 2 unspecified atom stereocenters. The van der Waals surface area contributed by atoms with Crippen LogP contribution in [0.2, 0.25) is 0 Å². The van der Waals surface area contributed by atoms with Crippen LogP contribution < -0.4 is 10.6 Å². The highest BCUT2D eigenvalue weighted by Gasteiger charge is 2.29. The molecule has 0 spiro atoms. The maximum Gasteiger partial charge on any atom is 0.407 e. The Labute approximate surface area is 199 Å². The Kier molecular flexibility index (Phi) is 8.65. The van der Waals surface area contributed by atoms with Gasteiger partial charge in [0.15, 0.2) is 0 Å². The molecule has 4 N–H and O–H groups in total. The average molecular weight is 469 g/mol. The lowest BCUT2D eigenvalue weighted by Gasteiger charge is -2.18. The van der Waals surface area contributed by atoms with Crippen LogP contribution in [0.1, 0.15) is 50.2 Å². The smallest absolute Gasteiger partial charge is 0.407 e. The second kappa shape index (κ2) is 11.7. The van der Waals surface area contributed by atoms with E-state index in [1.165, 1.54) is 0 Å². The van der Waals surface area contributed by atoms with Gasteiger partial charge in [-0.25, -0.2) is 9.59 Å². The largest absolute Gasteiger partial charge is 0.480 e. The van der Waals surface area contributed by atoms with Crippen molar-refractivity contribution in [2.75, 3.05) is 13.2 Å². The van der Waals surface area contributed by atoms with E-state index in [0.717, 1.165) is 22.3 Å². The molecular weight excluding hydrogens is 436 g/mol. The van der Waals surface area contributed by atoms with Gasteiger partial charge in [0.2, 0.25) is 5.91 Å². The SMILES string of the molecule is CC(C)CCC(NC(=O)CC(O)CNC(=O)OCC1c2ccccc2-c2ccccc21)C(=O)O. The number of ether oxygens (including phenoxy) is 1. The lowest BCUT2D eigenvalue weighted by Crippen LogP contribution is -2.43. The number of nitrogens with one attached hydrogen (secondary N) is 2. The summed E-state index contributed by atoms with van der Waals surface area (Å²) in [5.41, 5.74) is 4.44. The van der Waals surface area contributed by atoms with Crippen molar-refractivity contribution in [1.29, 1.82) is 0 Å². The Morgan fingerprint density at radius 2 is 1.56 bits per heavy atom. The van der Waals surface area contributed by atoms with E-state index in [9.17, 15) is 24.6 Å². The van der Waals surface area contributed by atoms with Crippen LogP contribution in [-0.4, -0.2) is 53.5 Å². The zero-order chi connectivity index (χ0) is 24.7. The maximum atomic E-state index is 12.2. The van der Waals surface area contributed by atoms with Gasteiger partial charge in [0, 0.05) is 12.5 Å². The fourth-order valence-electron chi connectivity index (χ4n) is 4.15. The monoisotopic (exact) mass is 468 g/mol. The topological polar surface area (TPSA) is 125 Å². The molecule has 0 saturated carbocycles.